The Balaban J connectivity index is 2.18. The van der Waals surface area contributed by atoms with Crippen LogP contribution >= 0.6 is 11.6 Å². The smallest absolute Gasteiger partial charge is 0.337 e. The first-order valence-corrected chi connectivity index (χ1v) is 6.13. The monoisotopic (exact) mass is 280 g/mol. The van der Waals surface area contributed by atoms with Crippen LogP contribution in [0.1, 0.15) is 16.8 Å². The predicted octanol–water partition coefficient (Wildman–Crippen LogP) is 1.88. The van der Waals surface area contributed by atoms with Gasteiger partial charge in [-0.3, -0.25) is 4.79 Å². The number of carbonyl (C=O) groups is 2. The van der Waals surface area contributed by atoms with Crippen LogP contribution in [0, 0.1) is 5.92 Å². The highest BCUT2D eigenvalue weighted by Crippen LogP contribution is 2.24. The lowest BCUT2D eigenvalue weighted by Crippen LogP contribution is -2.24. The molecule has 2 atom stereocenters. The van der Waals surface area contributed by atoms with Crippen molar-refractivity contribution in [3.8, 4) is 0 Å². The fraction of sp³-hybridized carbons (Fsp3) is 0.231. The van der Waals surface area contributed by atoms with E-state index in [0.29, 0.717) is 11.4 Å². The molecule has 0 aromatic heterocycles. The number of halogens is 1. The van der Waals surface area contributed by atoms with Crippen LogP contribution in [0.5, 0.6) is 0 Å². The average Bonchev–Trinajstić information content (AvgIpc) is 2.75. The number of hydrogen-bond donors (Lipinski definition) is 3. The molecule has 4 N–H and O–H groups in total. The van der Waals surface area contributed by atoms with Crippen molar-refractivity contribution in [2.45, 2.75) is 12.5 Å². The van der Waals surface area contributed by atoms with Gasteiger partial charge in [0.25, 0.3) is 0 Å². The minimum Gasteiger partial charge on any atom is -0.478 e. The number of nitrogens with two attached hydrogens (primary N) is 1. The Labute approximate surface area is 115 Å². The number of carboxylic acid groups (broad SMARTS) is 1. The summed E-state index contributed by atoms with van der Waals surface area (Å²) in [5.41, 5.74) is 5.87. The highest BCUT2D eigenvalue weighted by molar-refractivity contribution is 6.31. The third-order valence-electron chi connectivity index (χ3n) is 2.92. The van der Waals surface area contributed by atoms with Crippen molar-refractivity contribution in [3.63, 3.8) is 0 Å². The zero-order valence-corrected chi connectivity index (χ0v) is 10.7. The largest absolute Gasteiger partial charge is 0.478 e. The second kappa shape index (κ2) is 5.42. The van der Waals surface area contributed by atoms with Gasteiger partial charge in [-0.25, -0.2) is 4.79 Å². The lowest BCUT2D eigenvalue weighted by Gasteiger charge is -2.12. The summed E-state index contributed by atoms with van der Waals surface area (Å²) in [5.74, 6) is -1.74. The molecule has 0 radical (unpaired) electrons. The van der Waals surface area contributed by atoms with Gasteiger partial charge in [-0.15, -0.1) is 0 Å². The number of benzene rings is 1. The van der Waals surface area contributed by atoms with Crippen LogP contribution in [0.4, 0.5) is 5.69 Å². The van der Waals surface area contributed by atoms with Crippen LogP contribution in [0.3, 0.4) is 0 Å². The van der Waals surface area contributed by atoms with Gasteiger partial charge in [-0.2, -0.15) is 0 Å². The zero-order valence-electron chi connectivity index (χ0n) is 9.97. The minimum absolute atomic E-state index is 0.00373. The van der Waals surface area contributed by atoms with Crippen molar-refractivity contribution in [3.05, 3.63) is 40.9 Å². The van der Waals surface area contributed by atoms with Gasteiger partial charge in [0, 0.05) is 11.1 Å². The summed E-state index contributed by atoms with van der Waals surface area (Å²) in [4.78, 5) is 23.1. The Kier molecular flexibility index (Phi) is 3.87. The van der Waals surface area contributed by atoms with E-state index < -0.39 is 5.97 Å². The molecule has 0 heterocycles. The Bertz CT molecular complexity index is 557. The van der Waals surface area contributed by atoms with Crippen molar-refractivity contribution in [1.29, 1.82) is 0 Å². The van der Waals surface area contributed by atoms with E-state index in [9.17, 15) is 9.59 Å². The molecular formula is C13H13ClN2O3. The van der Waals surface area contributed by atoms with Crippen molar-refractivity contribution >= 4 is 29.2 Å². The SMILES string of the molecule is NC1C=CC(C(=O)Nc2cc(Cl)ccc2C(=O)O)C1. The summed E-state index contributed by atoms with van der Waals surface area (Å²) in [5, 5.41) is 12.0. The van der Waals surface area contributed by atoms with E-state index in [-0.39, 0.29) is 29.1 Å². The maximum Gasteiger partial charge on any atom is 0.337 e. The predicted molar refractivity (Wildman–Crippen MR) is 72.3 cm³/mol. The number of aromatic carboxylic acids is 1. The van der Waals surface area contributed by atoms with E-state index in [1.165, 1.54) is 18.2 Å². The van der Waals surface area contributed by atoms with Crippen LogP contribution in [-0.4, -0.2) is 23.0 Å². The standard InChI is InChI=1S/C13H13ClN2O3/c14-8-2-4-10(13(18)19)11(6-8)16-12(17)7-1-3-9(15)5-7/h1-4,6-7,9H,5,15H2,(H,16,17)(H,18,19). The van der Waals surface area contributed by atoms with Crippen LogP contribution in [-0.2, 0) is 4.79 Å². The van der Waals surface area contributed by atoms with Crippen molar-refractivity contribution in [2.75, 3.05) is 5.32 Å². The second-order valence-corrected chi connectivity index (χ2v) is 4.81. The summed E-state index contributed by atoms with van der Waals surface area (Å²) < 4.78 is 0. The molecule has 1 aliphatic carbocycles. The highest BCUT2D eigenvalue weighted by atomic mass is 35.5. The molecule has 0 saturated carbocycles. The lowest BCUT2D eigenvalue weighted by molar-refractivity contribution is -0.118. The maximum absolute atomic E-state index is 12.0. The summed E-state index contributed by atoms with van der Waals surface area (Å²) in [6, 6.07) is 4.11. The number of rotatable bonds is 3. The van der Waals surface area contributed by atoms with Crippen molar-refractivity contribution in [2.24, 2.45) is 11.7 Å². The van der Waals surface area contributed by atoms with Gasteiger partial charge in [0.15, 0.2) is 0 Å². The van der Waals surface area contributed by atoms with E-state index in [0.717, 1.165) is 0 Å². The summed E-state index contributed by atoms with van der Waals surface area (Å²) in [6.07, 6.45) is 4.01. The highest BCUT2D eigenvalue weighted by Gasteiger charge is 2.24. The average molecular weight is 281 g/mol. The molecule has 0 bridgehead atoms. The number of anilines is 1. The Hall–Kier alpha value is -1.85. The van der Waals surface area contributed by atoms with Gasteiger partial charge < -0.3 is 16.2 Å². The molecule has 2 rings (SSSR count). The van der Waals surface area contributed by atoms with Gasteiger partial charge in [-0.05, 0) is 24.6 Å². The van der Waals surface area contributed by atoms with E-state index >= 15 is 0 Å². The number of hydrogen-bond acceptors (Lipinski definition) is 3. The molecule has 1 aliphatic rings. The molecule has 0 saturated heterocycles. The molecule has 6 heteroatoms. The topological polar surface area (TPSA) is 92.4 Å². The minimum atomic E-state index is -1.12. The van der Waals surface area contributed by atoms with Crippen molar-refractivity contribution < 1.29 is 14.7 Å². The Morgan fingerprint density at radius 3 is 2.68 bits per heavy atom. The van der Waals surface area contributed by atoms with Crippen LogP contribution in [0.15, 0.2) is 30.4 Å². The van der Waals surface area contributed by atoms with Crippen LogP contribution in [0.25, 0.3) is 0 Å². The van der Waals surface area contributed by atoms with Crippen molar-refractivity contribution in [1.82, 2.24) is 0 Å². The second-order valence-electron chi connectivity index (χ2n) is 4.38. The third kappa shape index (κ3) is 3.13. The van der Waals surface area contributed by atoms with E-state index in [1.807, 2.05) is 0 Å². The first-order valence-electron chi connectivity index (χ1n) is 5.75. The van der Waals surface area contributed by atoms with Gasteiger partial charge in [0.05, 0.1) is 17.2 Å². The molecule has 0 aliphatic heterocycles. The van der Waals surface area contributed by atoms with Gasteiger partial charge in [0.2, 0.25) is 5.91 Å². The molecule has 0 spiro atoms. The van der Waals surface area contributed by atoms with E-state index in [2.05, 4.69) is 5.32 Å². The molecule has 0 fully saturated rings. The third-order valence-corrected chi connectivity index (χ3v) is 3.16. The zero-order chi connectivity index (χ0) is 14.0. The lowest BCUT2D eigenvalue weighted by atomic mass is 10.1. The fourth-order valence-corrected chi connectivity index (χ4v) is 2.13. The van der Waals surface area contributed by atoms with Gasteiger partial charge in [-0.1, -0.05) is 23.8 Å². The maximum atomic E-state index is 12.0. The fourth-order valence-electron chi connectivity index (χ4n) is 1.95. The quantitative estimate of drug-likeness (QED) is 0.737. The van der Waals surface area contributed by atoms with E-state index in [1.54, 1.807) is 12.2 Å². The first kappa shape index (κ1) is 13.6. The molecule has 1 amide bonds. The van der Waals surface area contributed by atoms with Gasteiger partial charge in [0.1, 0.15) is 0 Å². The van der Waals surface area contributed by atoms with Crippen LogP contribution in [0.2, 0.25) is 5.02 Å². The van der Waals surface area contributed by atoms with Crippen LogP contribution < -0.4 is 11.1 Å². The summed E-state index contributed by atoms with van der Waals surface area (Å²) in [6.45, 7) is 0. The Morgan fingerprint density at radius 2 is 2.11 bits per heavy atom. The van der Waals surface area contributed by atoms with E-state index in [4.69, 9.17) is 22.4 Å². The normalized spacial score (nSPS) is 21.4. The molecule has 1 aromatic carbocycles. The molecular weight excluding hydrogens is 268 g/mol. The summed E-state index contributed by atoms with van der Waals surface area (Å²) in [7, 11) is 0. The Morgan fingerprint density at radius 1 is 1.37 bits per heavy atom. The van der Waals surface area contributed by atoms with Gasteiger partial charge >= 0.3 is 5.97 Å². The summed E-state index contributed by atoms with van der Waals surface area (Å²) >= 11 is 5.81. The first-order chi connectivity index (χ1) is 8.97. The molecule has 5 nitrogen and oxygen atoms in total. The molecule has 2 unspecified atom stereocenters. The molecule has 19 heavy (non-hydrogen) atoms. The molecule has 100 valence electrons. The molecule has 1 aromatic rings. The number of carbonyl (C=O) groups excluding carboxylic acids is 1. The number of nitrogens with one attached hydrogen (secondary N) is 1. The number of amides is 1. The number of carboxylic acids is 1.